The highest BCUT2D eigenvalue weighted by atomic mass is 16.5. The molecule has 1 heterocycles. The molecule has 3 aromatic carbocycles. The van der Waals surface area contributed by atoms with Gasteiger partial charge in [0.25, 0.3) is 0 Å². The molecule has 0 spiro atoms. The molecular weight excluding hydrogens is 420 g/mol. The van der Waals surface area contributed by atoms with Crippen molar-refractivity contribution in [1.82, 2.24) is 0 Å². The molecule has 0 saturated heterocycles. The van der Waals surface area contributed by atoms with Gasteiger partial charge in [-0.05, 0) is 53.6 Å². The Morgan fingerprint density at radius 1 is 0.941 bits per heavy atom. The van der Waals surface area contributed by atoms with Crippen LogP contribution in [0.3, 0.4) is 0 Å². The van der Waals surface area contributed by atoms with Crippen LogP contribution in [-0.4, -0.2) is 19.4 Å². The van der Waals surface area contributed by atoms with E-state index in [1.165, 1.54) is 5.56 Å². The van der Waals surface area contributed by atoms with Crippen molar-refractivity contribution < 1.29 is 9.53 Å². The number of carbonyl (C=O) groups is 1. The van der Waals surface area contributed by atoms with Gasteiger partial charge in [-0.2, -0.15) is 0 Å². The maximum absolute atomic E-state index is 13.7. The first-order valence-electron chi connectivity index (χ1n) is 12.0. The summed E-state index contributed by atoms with van der Waals surface area (Å²) in [5.74, 6) is 1.05. The Morgan fingerprint density at radius 2 is 1.65 bits per heavy atom. The van der Waals surface area contributed by atoms with Gasteiger partial charge >= 0.3 is 0 Å². The van der Waals surface area contributed by atoms with E-state index in [1.807, 2.05) is 18.2 Å². The summed E-state index contributed by atoms with van der Waals surface area (Å²) in [6, 6.07) is 27.0. The Morgan fingerprint density at radius 3 is 2.38 bits per heavy atom. The first-order valence-corrected chi connectivity index (χ1v) is 12.0. The third-order valence-corrected chi connectivity index (χ3v) is 6.92. The number of hydrogen-bond donors (Lipinski definition) is 1. The second-order valence-electron chi connectivity index (χ2n) is 10.1. The van der Waals surface area contributed by atoms with Crippen LogP contribution < -0.4 is 15.0 Å². The zero-order valence-corrected chi connectivity index (χ0v) is 20.2. The van der Waals surface area contributed by atoms with Gasteiger partial charge in [0.15, 0.2) is 5.78 Å². The quantitative estimate of drug-likeness (QED) is 0.476. The third kappa shape index (κ3) is 4.33. The summed E-state index contributed by atoms with van der Waals surface area (Å²) < 4.78 is 5.42. The summed E-state index contributed by atoms with van der Waals surface area (Å²) in [4.78, 5) is 16.1. The van der Waals surface area contributed by atoms with E-state index in [1.54, 1.807) is 7.11 Å². The molecule has 1 atom stereocenters. The van der Waals surface area contributed by atoms with E-state index in [9.17, 15) is 4.79 Å². The van der Waals surface area contributed by atoms with E-state index in [-0.39, 0.29) is 17.2 Å². The van der Waals surface area contributed by atoms with Gasteiger partial charge in [0.05, 0.1) is 24.5 Å². The summed E-state index contributed by atoms with van der Waals surface area (Å²) in [6.07, 6.45) is 2.30. The van der Waals surface area contributed by atoms with Gasteiger partial charge in [-0.25, -0.2) is 0 Å². The van der Waals surface area contributed by atoms with Gasteiger partial charge in [-0.3, -0.25) is 4.79 Å². The number of nitrogens with one attached hydrogen (secondary N) is 1. The van der Waals surface area contributed by atoms with Crippen LogP contribution in [0.15, 0.2) is 90.1 Å². The van der Waals surface area contributed by atoms with Gasteiger partial charge < -0.3 is 15.0 Å². The zero-order chi connectivity index (χ0) is 23.7. The number of fused-ring (bicyclic) bond motifs is 1. The standard InChI is InChI=1S/C30H32N2O2/c1-30(2)19-25-28(27(33)20-30)29(22-13-15-23(34-3)16-14-22)32(18-17-21-9-5-4-6-10-21)26-12-8-7-11-24(26)31-25/h4-16,29,31H,17-20H2,1-3H3. The van der Waals surface area contributed by atoms with Crippen LogP contribution in [0.25, 0.3) is 0 Å². The number of ether oxygens (including phenoxy) is 1. The molecular formula is C30H32N2O2. The lowest BCUT2D eigenvalue weighted by Gasteiger charge is -2.38. The number of methoxy groups -OCH3 is 1. The fraction of sp³-hybridized carbons (Fsp3) is 0.300. The molecule has 0 fully saturated rings. The van der Waals surface area contributed by atoms with Crippen LogP contribution in [0.4, 0.5) is 11.4 Å². The van der Waals surface area contributed by atoms with E-state index < -0.39 is 0 Å². The molecule has 0 amide bonds. The Labute approximate surface area is 202 Å². The third-order valence-electron chi connectivity index (χ3n) is 6.92. The molecule has 1 aliphatic carbocycles. The minimum Gasteiger partial charge on any atom is -0.497 e. The second-order valence-corrected chi connectivity index (χ2v) is 10.1. The fourth-order valence-electron chi connectivity index (χ4n) is 5.33. The highest BCUT2D eigenvalue weighted by Crippen LogP contribution is 2.48. The van der Waals surface area contributed by atoms with Crippen LogP contribution in [-0.2, 0) is 11.2 Å². The minimum absolute atomic E-state index is 0.0679. The van der Waals surface area contributed by atoms with Gasteiger partial charge in [0.2, 0.25) is 0 Å². The number of rotatable bonds is 5. The molecule has 1 aliphatic heterocycles. The molecule has 4 heteroatoms. The van der Waals surface area contributed by atoms with Gasteiger partial charge in [0, 0.05) is 24.2 Å². The van der Waals surface area contributed by atoms with Crippen LogP contribution in [0.1, 0.15) is 43.9 Å². The highest BCUT2D eigenvalue weighted by molar-refractivity contribution is 6.01. The van der Waals surface area contributed by atoms with Crippen LogP contribution >= 0.6 is 0 Å². The van der Waals surface area contributed by atoms with E-state index in [0.717, 1.165) is 53.3 Å². The van der Waals surface area contributed by atoms with Crippen molar-refractivity contribution in [3.63, 3.8) is 0 Å². The molecule has 5 rings (SSSR count). The molecule has 4 nitrogen and oxygen atoms in total. The monoisotopic (exact) mass is 452 g/mol. The zero-order valence-electron chi connectivity index (χ0n) is 20.2. The Balaban J connectivity index is 1.66. The molecule has 0 saturated carbocycles. The number of benzene rings is 3. The number of ketones is 1. The van der Waals surface area contributed by atoms with Crippen LogP contribution in [0.2, 0.25) is 0 Å². The lowest BCUT2D eigenvalue weighted by atomic mass is 9.73. The topological polar surface area (TPSA) is 41.6 Å². The van der Waals surface area contributed by atoms with Crippen molar-refractivity contribution >= 4 is 17.2 Å². The maximum Gasteiger partial charge on any atom is 0.163 e. The summed E-state index contributed by atoms with van der Waals surface area (Å²) in [7, 11) is 1.68. The predicted octanol–water partition coefficient (Wildman–Crippen LogP) is 6.55. The van der Waals surface area contributed by atoms with Crippen molar-refractivity contribution in [2.45, 2.75) is 39.2 Å². The fourth-order valence-corrected chi connectivity index (χ4v) is 5.33. The number of nitrogens with zero attached hydrogens (tertiary/aromatic N) is 1. The van der Waals surface area contributed by atoms with Crippen molar-refractivity contribution in [3.05, 3.63) is 101 Å². The molecule has 0 bridgehead atoms. The van der Waals surface area contributed by atoms with Crippen molar-refractivity contribution in [2.24, 2.45) is 5.41 Å². The molecule has 34 heavy (non-hydrogen) atoms. The van der Waals surface area contributed by atoms with Gasteiger partial charge in [0.1, 0.15) is 5.75 Å². The smallest absolute Gasteiger partial charge is 0.163 e. The summed E-state index contributed by atoms with van der Waals surface area (Å²) >= 11 is 0. The first-order chi connectivity index (χ1) is 16.4. The van der Waals surface area contributed by atoms with E-state index in [4.69, 9.17) is 4.74 Å². The van der Waals surface area contributed by atoms with E-state index in [2.05, 4.69) is 84.7 Å². The molecule has 0 radical (unpaired) electrons. The largest absolute Gasteiger partial charge is 0.497 e. The minimum atomic E-state index is -0.163. The molecule has 2 aliphatic rings. The van der Waals surface area contributed by atoms with Crippen LogP contribution in [0, 0.1) is 5.41 Å². The summed E-state index contributed by atoms with van der Waals surface area (Å²) in [6.45, 7) is 5.16. The number of allylic oxidation sites excluding steroid dienone is 1. The van der Waals surface area contributed by atoms with Crippen molar-refractivity contribution in [3.8, 4) is 5.75 Å². The maximum atomic E-state index is 13.7. The second kappa shape index (κ2) is 9.02. The first kappa shape index (κ1) is 22.3. The van der Waals surface area contributed by atoms with Crippen molar-refractivity contribution in [2.75, 3.05) is 23.9 Å². The number of hydrogen-bond acceptors (Lipinski definition) is 4. The van der Waals surface area contributed by atoms with Gasteiger partial charge in [-0.15, -0.1) is 0 Å². The predicted molar refractivity (Wildman–Crippen MR) is 138 cm³/mol. The number of anilines is 2. The summed E-state index contributed by atoms with van der Waals surface area (Å²) in [5.41, 5.74) is 6.46. The molecule has 1 N–H and O–H groups in total. The van der Waals surface area contributed by atoms with Crippen molar-refractivity contribution in [1.29, 1.82) is 0 Å². The number of Topliss-reactive ketones (excluding diaryl/α,β-unsaturated/α-hetero) is 1. The average molecular weight is 453 g/mol. The normalized spacial score (nSPS) is 19.1. The average Bonchev–Trinajstić information content (AvgIpc) is 2.97. The molecule has 174 valence electrons. The molecule has 1 unspecified atom stereocenters. The lowest BCUT2D eigenvalue weighted by molar-refractivity contribution is -0.118. The lowest BCUT2D eigenvalue weighted by Crippen LogP contribution is -2.37. The SMILES string of the molecule is COc1ccc(C2C3=C(CC(C)(C)CC3=O)Nc3ccccc3N2CCc2ccccc2)cc1. The Hall–Kier alpha value is -3.53. The number of carbonyl (C=O) groups excluding carboxylic acids is 1. The summed E-state index contributed by atoms with van der Waals surface area (Å²) in [5, 5.41) is 3.69. The number of para-hydroxylation sites is 2. The Bertz CT molecular complexity index is 1210. The van der Waals surface area contributed by atoms with E-state index >= 15 is 0 Å². The highest BCUT2D eigenvalue weighted by Gasteiger charge is 2.41. The van der Waals surface area contributed by atoms with E-state index in [0.29, 0.717) is 6.42 Å². The van der Waals surface area contributed by atoms with Crippen LogP contribution in [0.5, 0.6) is 5.75 Å². The molecule has 0 aromatic heterocycles. The van der Waals surface area contributed by atoms with Gasteiger partial charge in [-0.1, -0.05) is 68.4 Å². The Kier molecular flexibility index (Phi) is 5.91. The molecule has 3 aromatic rings.